The summed E-state index contributed by atoms with van der Waals surface area (Å²) in [6.45, 7) is 2.58. The second kappa shape index (κ2) is 5.70. The number of carbonyl (C=O) groups is 3. The van der Waals surface area contributed by atoms with E-state index < -0.39 is 30.4 Å². The van der Waals surface area contributed by atoms with E-state index in [1.54, 1.807) is 0 Å². The Morgan fingerprint density at radius 1 is 1.39 bits per heavy atom. The summed E-state index contributed by atoms with van der Waals surface area (Å²) in [5.74, 6) is -2.05. The average Bonchev–Trinajstić information content (AvgIpc) is 3.05. The van der Waals surface area contributed by atoms with E-state index in [0.29, 0.717) is 6.54 Å². The minimum atomic E-state index is -1.28. The van der Waals surface area contributed by atoms with Gasteiger partial charge in [-0.1, -0.05) is 6.92 Å². The van der Waals surface area contributed by atoms with Crippen molar-refractivity contribution in [2.45, 2.75) is 38.6 Å². The third-order valence-corrected chi connectivity index (χ3v) is 3.34. The normalized spacial score (nSPS) is 17.6. The minimum Gasteiger partial charge on any atom is -0.480 e. The summed E-state index contributed by atoms with van der Waals surface area (Å²) in [6.07, 6.45) is 2.72. The van der Waals surface area contributed by atoms with Crippen LogP contribution in [0.15, 0.2) is 0 Å². The number of carboxylic acid groups (broad SMARTS) is 1. The van der Waals surface area contributed by atoms with Gasteiger partial charge in [-0.3, -0.25) is 4.79 Å². The number of carboxylic acids is 1. The molecule has 1 rings (SSSR count). The van der Waals surface area contributed by atoms with E-state index in [2.05, 4.69) is 17.6 Å². The summed E-state index contributed by atoms with van der Waals surface area (Å²) in [7, 11) is 0. The molecule has 0 bridgehead atoms. The molecule has 1 aliphatic carbocycles. The molecule has 7 nitrogen and oxygen atoms in total. The van der Waals surface area contributed by atoms with Crippen molar-refractivity contribution in [3.05, 3.63) is 0 Å². The molecule has 0 aromatic carbocycles. The molecule has 1 aliphatic rings. The van der Waals surface area contributed by atoms with Gasteiger partial charge in [0, 0.05) is 6.54 Å². The number of nitrogens with two attached hydrogens (primary N) is 1. The van der Waals surface area contributed by atoms with Gasteiger partial charge in [0.1, 0.15) is 6.04 Å². The van der Waals surface area contributed by atoms with E-state index in [1.807, 2.05) is 0 Å². The van der Waals surface area contributed by atoms with Crippen LogP contribution in [0.3, 0.4) is 0 Å². The number of hydrogen-bond acceptors (Lipinski definition) is 3. The van der Waals surface area contributed by atoms with Gasteiger partial charge >= 0.3 is 12.0 Å². The summed E-state index contributed by atoms with van der Waals surface area (Å²) in [5.41, 5.74) is 5.09. The van der Waals surface area contributed by atoms with Crippen molar-refractivity contribution in [3.63, 3.8) is 0 Å². The highest BCUT2D eigenvalue weighted by Crippen LogP contribution is 2.47. The lowest BCUT2D eigenvalue weighted by atomic mass is 10.0. The molecular weight excluding hydrogens is 238 g/mol. The summed E-state index contributed by atoms with van der Waals surface area (Å²) >= 11 is 0. The van der Waals surface area contributed by atoms with Crippen molar-refractivity contribution in [2.75, 3.05) is 6.54 Å². The van der Waals surface area contributed by atoms with E-state index in [1.165, 1.54) is 0 Å². The average molecular weight is 257 g/mol. The quantitative estimate of drug-likeness (QED) is 0.504. The van der Waals surface area contributed by atoms with E-state index >= 15 is 0 Å². The van der Waals surface area contributed by atoms with Gasteiger partial charge < -0.3 is 21.5 Å². The summed E-state index contributed by atoms with van der Waals surface area (Å²) in [5, 5.41) is 13.7. The van der Waals surface area contributed by atoms with Crippen molar-refractivity contribution in [3.8, 4) is 0 Å². The lowest BCUT2D eigenvalue weighted by molar-refractivity contribution is -0.140. The monoisotopic (exact) mass is 257 g/mol. The standard InChI is InChI=1S/C11H19N3O4/c1-2-11(3-4-11)6-13-10(18)14-7(9(16)17)5-8(12)15/h7H,2-6H2,1H3,(H2,12,15)(H,16,17)(H2,13,14,18). The first-order valence-corrected chi connectivity index (χ1v) is 5.94. The van der Waals surface area contributed by atoms with Gasteiger partial charge in [0.25, 0.3) is 0 Å². The number of primary amides is 1. The molecule has 1 saturated carbocycles. The molecule has 3 amide bonds. The number of aliphatic carboxylic acids is 1. The summed E-state index contributed by atoms with van der Waals surface area (Å²) < 4.78 is 0. The van der Waals surface area contributed by atoms with E-state index in [4.69, 9.17) is 10.8 Å². The fourth-order valence-electron chi connectivity index (χ4n) is 1.71. The van der Waals surface area contributed by atoms with Crippen LogP contribution in [-0.2, 0) is 9.59 Å². The van der Waals surface area contributed by atoms with Crippen LogP contribution in [0, 0.1) is 5.41 Å². The summed E-state index contributed by atoms with van der Waals surface area (Å²) in [6, 6.07) is -1.86. The molecule has 0 aromatic rings. The molecular formula is C11H19N3O4. The van der Waals surface area contributed by atoms with Crippen LogP contribution < -0.4 is 16.4 Å². The number of urea groups is 1. The molecule has 18 heavy (non-hydrogen) atoms. The molecule has 0 heterocycles. The second-order valence-electron chi connectivity index (χ2n) is 4.74. The van der Waals surface area contributed by atoms with Crippen LogP contribution in [-0.4, -0.2) is 35.6 Å². The van der Waals surface area contributed by atoms with Crippen LogP contribution >= 0.6 is 0 Å². The first kappa shape index (κ1) is 14.3. The maximum absolute atomic E-state index is 11.5. The number of rotatable bonds is 7. The van der Waals surface area contributed by atoms with E-state index in [0.717, 1.165) is 19.3 Å². The van der Waals surface area contributed by atoms with Gasteiger partial charge in [-0.15, -0.1) is 0 Å². The number of carbonyl (C=O) groups excluding carboxylic acids is 2. The third-order valence-electron chi connectivity index (χ3n) is 3.34. The highest BCUT2D eigenvalue weighted by Gasteiger charge is 2.40. The Kier molecular flexibility index (Phi) is 4.52. The lowest BCUT2D eigenvalue weighted by Gasteiger charge is -2.16. The van der Waals surface area contributed by atoms with Crippen LogP contribution in [0.25, 0.3) is 0 Å². The SMILES string of the molecule is CCC1(CNC(=O)NC(CC(N)=O)C(=O)O)CC1. The van der Waals surface area contributed by atoms with Crippen molar-refractivity contribution in [2.24, 2.45) is 11.1 Å². The fraction of sp³-hybridized carbons (Fsp3) is 0.727. The van der Waals surface area contributed by atoms with Crippen molar-refractivity contribution in [1.29, 1.82) is 0 Å². The Hall–Kier alpha value is -1.79. The van der Waals surface area contributed by atoms with Gasteiger partial charge in [-0.2, -0.15) is 0 Å². The first-order valence-electron chi connectivity index (χ1n) is 5.94. The zero-order valence-corrected chi connectivity index (χ0v) is 10.4. The van der Waals surface area contributed by atoms with Crippen molar-refractivity contribution < 1.29 is 19.5 Å². The highest BCUT2D eigenvalue weighted by molar-refractivity contribution is 5.87. The van der Waals surface area contributed by atoms with Gasteiger partial charge in [0.05, 0.1) is 6.42 Å². The maximum Gasteiger partial charge on any atom is 0.326 e. The van der Waals surface area contributed by atoms with Crippen LogP contribution in [0.4, 0.5) is 4.79 Å². The third kappa shape index (κ3) is 4.23. The Morgan fingerprint density at radius 2 is 2.00 bits per heavy atom. The molecule has 0 aliphatic heterocycles. The maximum atomic E-state index is 11.5. The minimum absolute atomic E-state index is 0.180. The molecule has 102 valence electrons. The molecule has 1 unspecified atom stereocenters. The summed E-state index contributed by atoms with van der Waals surface area (Å²) in [4.78, 5) is 32.9. The molecule has 1 atom stereocenters. The molecule has 0 aromatic heterocycles. The zero-order valence-electron chi connectivity index (χ0n) is 10.4. The van der Waals surface area contributed by atoms with Gasteiger partial charge in [-0.25, -0.2) is 9.59 Å². The molecule has 0 spiro atoms. The smallest absolute Gasteiger partial charge is 0.326 e. The van der Waals surface area contributed by atoms with E-state index in [9.17, 15) is 14.4 Å². The second-order valence-corrected chi connectivity index (χ2v) is 4.74. The highest BCUT2D eigenvalue weighted by atomic mass is 16.4. The van der Waals surface area contributed by atoms with Crippen LogP contribution in [0.2, 0.25) is 0 Å². The zero-order chi connectivity index (χ0) is 13.8. The molecule has 0 saturated heterocycles. The van der Waals surface area contributed by atoms with Gasteiger partial charge in [0.2, 0.25) is 5.91 Å². The van der Waals surface area contributed by atoms with E-state index in [-0.39, 0.29) is 5.41 Å². The molecule has 1 fully saturated rings. The van der Waals surface area contributed by atoms with Gasteiger partial charge in [0.15, 0.2) is 0 Å². The number of amides is 3. The predicted molar refractivity (Wildman–Crippen MR) is 63.7 cm³/mol. The Labute approximate surface area is 105 Å². The lowest BCUT2D eigenvalue weighted by Crippen LogP contribution is -2.48. The Bertz CT molecular complexity index is 352. The Balaban J connectivity index is 2.36. The molecule has 5 N–H and O–H groups in total. The number of hydrogen-bond donors (Lipinski definition) is 4. The fourth-order valence-corrected chi connectivity index (χ4v) is 1.71. The first-order chi connectivity index (χ1) is 8.38. The number of nitrogens with one attached hydrogen (secondary N) is 2. The largest absolute Gasteiger partial charge is 0.480 e. The topological polar surface area (TPSA) is 122 Å². The van der Waals surface area contributed by atoms with Crippen molar-refractivity contribution >= 4 is 17.9 Å². The predicted octanol–water partition coefficient (Wildman–Crippen LogP) is -0.196. The van der Waals surface area contributed by atoms with Crippen LogP contribution in [0.1, 0.15) is 32.6 Å². The van der Waals surface area contributed by atoms with Gasteiger partial charge in [-0.05, 0) is 24.7 Å². The Morgan fingerprint density at radius 3 is 2.39 bits per heavy atom. The molecule has 0 radical (unpaired) electrons. The van der Waals surface area contributed by atoms with Crippen LogP contribution in [0.5, 0.6) is 0 Å². The molecule has 7 heteroatoms. The van der Waals surface area contributed by atoms with Crippen molar-refractivity contribution in [1.82, 2.24) is 10.6 Å².